The fourth-order valence-corrected chi connectivity index (χ4v) is 3.75. The van der Waals surface area contributed by atoms with E-state index < -0.39 is 0 Å². The van der Waals surface area contributed by atoms with Crippen LogP contribution in [-0.4, -0.2) is 10.8 Å². The normalized spacial score (nSPS) is 29.4. The summed E-state index contributed by atoms with van der Waals surface area (Å²) >= 11 is 0. The van der Waals surface area contributed by atoms with E-state index in [2.05, 4.69) is 30.3 Å². The maximum Gasteiger partial charge on any atom is 0.231 e. The maximum atomic E-state index is 12.6. The number of rotatable bonds is 0. The highest BCUT2D eigenvalue weighted by Gasteiger charge is 2.41. The fourth-order valence-electron chi connectivity index (χ4n) is 3.75. The first kappa shape index (κ1) is 10.4. The molecule has 1 amide bonds. The predicted molar refractivity (Wildman–Crippen MR) is 70.4 cm³/mol. The molecule has 1 saturated carbocycles. The van der Waals surface area contributed by atoms with E-state index in [-0.39, 0.29) is 5.92 Å². The standard InChI is InChI=1S/C16H17NO/c18-16-14-8-4-1-5-11(14)9-15-13-7-3-2-6-12(13)10-17(15)16/h2-3,6-7,9,11,14H,1,4-5,8,10H2. The van der Waals surface area contributed by atoms with E-state index in [0.29, 0.717) is 11.8 Å². The fraction of sp³-hybridized carbons (Fsp3) is 0.438. The molecule has 2 heteroatoms. The molecule has 0 radical (unpaired) electrons. The second-order valence-corrected chi connectivity index (χ2v) is 5.69. The van der Waals surface area contributed by atoms with Crippen LogP contribution in [0.15, 0.2) is 30.3 Å². The number of nitrogens with zero attached hydrogens (tertiary/aromatic N) is 1. The average Bonchev–Trinajstić information content (AvgIpc) is 2.79. The monoisotopic (exact) mass is 239 g/mol. The average molecular weight is 239 g/mol. The molecular formula is C16H17NO. The zero-order valence-electron chi connectivity index (χ0n) is 10.4. The second kappa shape index (κ2) is 3.71. The smallest absolute Gasteiger partial charge is 0.231 e. The first-order valence-electron chi connectivity index (χ1n) is 6.96. The lowest BCUT2D eigenvalue weighted by Crippen LogP contribution is -2.40. The Morgan fingerprint density at radius 1 is 1.11 bits per heavy atom. The van der Waals surface area contributed by atoms with Crippen molar-refractivity contribution < 1.29 is 4.79 Å². The van der Waals surface area contributed by atoms with Crippen molar-refractivity contribution in [2.24, 2.45) is 11.8 Å². The van der Waals surface area contributed by atoms with Crippen LogP contribution in [0.3, 0.4) is 0 Å². The number of hydrogen-bond donors (Lipinski definition) is 0. The third-order valence-electron chi connectivity index (χ3n) is 4.69. The van der Waals surface area contributed by atoms with Gasteiger partial charge in [0.2, 0.25) is 5.91 Å². The molecule has 1 aromatic rings. The van der Waals surface area contributed by atoms with E-state index in [4.69, 9.17) is 0 Å². The molecule has 3 aliphatic rings. The molecular weight excluding hydrogens is 222 g/mol. The summed E-state index contributed by atoms with van der Waals surface area (Å²) in [6, 6.07) is 8.43. The first-order valence-corrected chi connectivity index (χ1v) is 6.96. The largest absolute Gasteiger partial charge is 0.307 e. The number of fused-ring (bicyclic) bond motifs is 4. The second-order valence-electron chi connectivity index (χ2n) is 5.69. The van der Waals surface area contributed by atoms with Crippen molar-refractivity contribution in [3.05, 3.63) is 41.5 Å². The molecule has 0 bridgehead atoms. The zero-order valence-corrected chi connectivity index (χ0v) is 10.4. The van der Waals surface area contributed by atoms with E-state index in [1.165, 1.54) is 36.1 Å². The van der Waals surface area contributed by atoms with Crippen LogP contribution in [0, 0.1) is 11.8 Å². The topological polar surface area (TPSA) is 20.3 Å². The molecule has 2 atom stereocenters. The van der Waals surface area contributed by atoms with Crippen molar-refractivity contribution in [2.45, 2.75) is 32.2 Å². The van der Waals surface area contributed by atoms with Gasteiger partial charge in [-0.15, -0.1) is 0 Å². The third-order valence-corrected chi connectivity index (χ3v) is 4.69. The highest BCUT2D eigenvalue weighted by atomic mass is 16.2. The minimum absolute atomic E-state index is 0.261. The summed E-state index contributed by atoms with van der Waals surface area (Å²) in [6.07, 6.45) is 7.14. The molecule has 0 saturated heterocycles. The van der Waals surface area contributed by atoms with Crippen LogP contribution in [0.2, 0.25) is 0 Å². The summed E-state index contributed by atoms with van der Waals surface area (Å²) in [7, 11) is 0. The minimum Gasteiger partial charge on any atom is -0.307 e. The molecule has 4 rings (SSSR count). The van der Waals surface area contributed by atoms with Crippen molar-refractivity contribution in [1.29, 1.82) is 0 Å². The van der Waals surface area contributed by atoms with Crippen LogP contribution in [0.25, 0.3) is 5.70 Å². The zero-order chi connectivity index (χ0) is 12.1. The van der Waals surface area contributed by atoms with Crippen LogP contribution in [0.1, 0.15) is 36.8 Å². The van der Waals surface area contributed by atoms with Gasteiger partial charge in [0.25, 0.3) is 0 Å². The van der Waals surface area contributed by atoms with E-state index in [9.17, 15) is 4.79 Å². The van der Waals surface area contributed by atoms with Crippen molar-refractivity contribution in [3.63, 3.8) is 0 Å². The number of carbonyl (C=O) groups excluding carboxylic acids is 1. The molecule has 2 aliphatic heterocycles. The lowest BCUT2D eigenvalue weighted by atomic mass is 9.76. The van der Waals surface area contributed by atoms with Gasteiger partial charge in [-0.2, -0.15) is 0 Å². The molecule has 2 nitrogen and oxygen atoms in total. The number of hydrogen-bond acceptors (Lipinski definition) is 1. The van der Waals surface area contributed by atoms with E-state index in [1.807, 2.05) is 4.90 Å². The van der Waals surface area contributed by atoms with Gasteiger partial charge >= 0.3 is 0 Å². The molecule has 1 aliphatic carbocycles. The van der Waals surface area contributed by atoms with E-state index in [0.717, 1.165) is 13.0 Å². The van der Waals surface area contributed by atoms with Crippen LogP contribution >= 0.6 is 0 Å². The molecule has 1 fully saturated rings. The van der Waals surface area contributed by atoms with Gasteiger partial charge in [0, 0.05) is 17.2 Å². The maximum absolute atomic E-state index is 12.6. The number of benzene rings is 1. The summed E-state index contributed by atoms with van der Waals surface area (Å²) in [5.41, 5.74) is 3.75. The Labute approximate surface area is 107 Å². The molecule has 2 heterocycles. The molecule has 1 aromatic carbocycles. The van der Waals surface area contributed by atoms with Gasteiger partial charge in [0.15, 0.2) is 0 Å². The number of amides is 1. The quantitative estimate of drug-likeness (QED) is 0.681. The van der Waals surface area contributed by atoms with Gasteiger partial charge in [-0.25, -0.2) is 0 Å². The molecule has 18 heavy (non-hydrogen) atoms. The predicted octanol–water partition coefficient (Wildman–Crippen LogP) is 3.19. The summed E-state index contributed by atoms with van der Waals surface area (Å²) in [6.45, 7) is 0.782. The SMILES string of the molecule is O=C1C2CCCCC2C=C2c3ccccc3CN12. The Bertz CT molecular complexity index is 546. The highest BCUT2D eigenvalue weighted by molar-refractivity contribution is 5.93. The van der Waals surface area contributed by atoms with E-state index >= 15 is 0 Å². The van der Waals surface area contributed by atoms with Crippen LogP contribution in [0.5, 0.6) is 0 Å². The number of carbonyl (C=O) groups is 1. The Balaban J connectivity index is 1.81. The summed E-state index contributed by atoms with van der Waals surface area (Å²) in [5, 5.41) is 0. The van der Waals surface area contributed by atoms with Gasteiger partial charge in [-0.3, -0.25) is 4.79 Å². The lowest BCUT2D eigenvalue weighted by Gasteiger charge is -2.37. The summed E-state index contributed by atoms with van der Waals surface area (Å²) in [5.74, 6) is 1.12. The van der Waals surface area contributed by atoms with Crippen LogP contribution in [0.4, 0.5) is 0 Å². The van der Waals surface area contributed by atoms with Crippen molar-refractivity contribution in [2.75, 3.05) is 0 Å². The number of allylic oxidation sites excluding steroid dienone is 1. The Kier molecular flexibility index (Phi) is 2.14. The molecule has 0 aromatic heterocycles. The van der Waals surface area contributed by atoms with Crippen molar-refractivity contribution in [3.8, 4) is 0 Å². The first-order chi connectivity index (χ1) is 8.84. The van der Waals surface area contributed by atoms with E-state index in [1.54, 1.807) is 0 Å². The molecule has 2 unspecified atom stereocenters. The Hall–Kier alpha value is -1.57. The third kappa shape index (κ3) is 1.32. The van der Waals surface area contributed by atoms with Gasteiger partial charge in [-0.1, -0.05) is 43.2 Å². The lowest BCUT2D eigenvalue weighted by molar-refractivity contribution is -0.135. The van der Waals surface area contributed by atoms with Crippen molar-refractivity contribution >= 4 is 11.6 Å². The molecule has 0 spiro atoms. The Morgan fingerprint density at radius 2 is 1.94 bits per heavy atom. The Morgan fingerprint density at radius 3 is 2.89 bits per heavy atom. The minimum atomic E-state index is 0.261. The van der Waals surface area contributed by atoms with Gasteiger partial charge in [-0.05, 0) is 24.3 Å². The molecule has 92 valence electrons. The highest BCUT2D eigenvalue weighted by Crippen LogP contribution is 2.44. The molecule has 0 N–H and O–H groups in total. The summed E-state index contributed by atoms with van der Waals surface area (Å²) < 4.78 is 0. The summed E-state index contributed by atoms with van der Waals surface area (Å²) in [4.78, 5) is 14.6. The van der Waals surface area contributed by atoms with Gasteiger partial charge in [0.05, 0.1) is 6.54 Å². The van der Waals surface area contributed by atoms with Gasteiger partial charge in [0.1, 0.15) is 0 Å². The van der Waals surface area contributed by atoms with Crippen LogP contribution in [-0.2, 0) is 11.3 Å². The van der Waals surface area contributed by atoms with Crippen LogP contribution < -0.4 is 0 Å². The van der Waals surface area contributed by atoms with Gasteiger partial charge < -0.3 is 4.90 Å². The van der Waals surface area contributed by atoms with Crippen molar-refractivity contribution in [1.82, 2.24) is 4.90 Å².